The number of ether oxygens (including phenoxy) is 2. The molecule has 0 bridgehead atoms. The van der Waals surface area contributed by atoms with Gasteiger partial charge in [-0.2, -0.15) is 0 Å². The van der Waals surface area contributed by atoms with Gasteiger partial charge in [0.25, 0.3) is 15.9 Å². The van der Waals surface area contributed by atoms with Gasteiger partial charge in [-0.15, -0.1) is 11.3 Å². The molecule has 5 rings (SSSR count). The molecule has 1 atom stereocenters. The van der Waals surface area contributed by atoms with Crippen LogP contribution in [0.3, 0.4) is 0 Å². The summed E-state index contributed by atoms with van der Waals surface area (Å²) in [5.41, 5.74) is 1.49. The van der Waals surface area contributed by atoms with E-state index in [4.69, 9.17) is 9.47 Å². The average molecular weight is 496 g/mol. The van der Waals surface area contributed by atoms with Crippen molar-refractivity contribution in [1.82, 2.24) is 9.88 Å². The molecular weight excluding hydrogens is 474 g/mol. The third-order valence-corrected chi connectivity index (χ3v) is 8.17. The topological polar surface area (TPSA) is 97.8 Å². The summed E-state index contributed by atoms with van der Waals surface area (Å²) in [6.07, 6.45) is 0. The second kappa shape index (κ2) is 8.62. The molecule has 1 N–H and O–H groups in total. The van der Waals surface area contributed by atoms with Crippen molar-refractivity contribution >= 4 is 43.2 Å². The second-order valence-electron chi connectivity index (χ2n) is 7.81. The van der Waals surface area contributed by atoms with Crippen LogP contribution >= 0.6 is 11.3 Å². The lowest BCUT2D eigenvalue weighted by atomic mass is 10.2. The number of benzene rings is 3. The van der Waals surface area contributed by atoms with E-state index >= 15 is 0 Å². The molecular formula is C24H21N3O5S2. The van der Waals surface area contributed by atoms with E-state index in [-0.39, 0.29) is 29.2 Å². The lowest BCUT2D eigenvalue weighted by molar-refractivity contribution is 0.0742. The minimum atomic E-state index is -3.93. The highest BCUT2D eigenvalue weighted by Gasteiger charge is 2.24. The molecule has 0 saturated carbocycles. The first kappa shape index (κ1) is 22.2. The van der Waals surface area contributed by atoms with Crippen molar-refractivity contribution in [3.8, 4) is 11.5 Å². The smallest absolute Gasteiger partial charge is 0.261 e. The maximum Gasteiger partial charge on any atom is 0.261 e. The molecule has 1 aromatic heterocycles. The molecule has 0 aliphatic carbocycles. The van der Waals surface area contributed by atoms with Gasteiger partial charge in [0.15, 0.2) is 11.5 Å². The summed E-state index contributed by atoms with van der Waals surface area (Å²) in [5.74, 6) is 0.724. The largest absolute Gasteiger partial charge is 0.454 e. The van der Waals surface area contributed by atoms with E-state index in [1.54, 1.807) is 42.3 Å². The summed E-state index contributed by atoms with van der Waals surface area (Å²) in [6.45, 7) is 2.00. The number of amides is 1. The van der Waals surface area contributed by atoms with Crippen molar-refractivity contribution in [2.75, 3.05) is 18.6 Å². The van der Waals surface area contributed by atoms with Gasteiger partial charge in [0.05, 0.1) is 26.8 Å². The van der Waals surface area contributed by atoms with E-state index in [1.165, 1.54) is 23.5 Å². The molecule has 8 nitrogen and oxygen atoms in total. The number of hydrogen-bond donors (Lipinski definition) is 1. The molecule has 3 aromatic carbocycles. The number of thiazole rings is 1. The van der Waals surface area contributed by atoms with E-state index in [0.29, 0.717) is 17.2 Å². The number of carbonyl (C=O) groups is 1. The maximum atomic E-state index is 13.2. The van der Waals surface area contributed by atoms with E-state index in [2.05, 4.69) is 9.71 Å². The Morgan fingerprint density at radius 3 is 2.68 bits per heavy atom. The Balaban J connectivity index is 1.36. The second-order valence-corrected chi connectivity index (χ2v) is 10.6. The van der Waals surface area contributed by atoms with E-state index < -0.39 is 10.0 Å². The maximum absolute atomic E-state index is 13.2. The van der Waals surface area contributed by atoms with Crippen LogP contribution in [0.25, 0.3) is 10.2 Å². The zero-order valence-corrected chi connectivity index (χ0v) is 20.0. The molecule has 174 valence electrons. The van der Waals surface area contributed by atoms with Crippen molar-refractivity contribution in [1.29, 1.82) is 0 Å². The molecule has 34 heavy (non-hydrogen) atoms. The third-order valence-electron chi connectivity index (χ3n) is 5.59. The van der Waals surface area contributed by atoms with Gasteiger partial charge in [0.1, 0.15) is 5.01 Å². The van der Waals surface area contributed by atoms with Crippen molar-refractivity contribution in [3.05, 3.63) is 77.3 Å². The van der Waals surface area contributed by atoms with Crippen LogP contribution in [0.2, 0.25) is 0 Å². The SMILES string of the molecule is C[C@@H](c1nc2ccccc2s1)N(C)C(=O)c1cccc(S(=O)(=O)Nc2ccc3c(c2)OCO3)c1. The molecule has 4 aromatic rings. The predicted octanol–water partition coefficient (Wildman–Crippen LogP) is 4.66. The Hall–Kier alpha value is -3.63. The number of fused-ring (bicyclic) bond motifs is 2. The van der Waals surface area contributed by atoms with Crippen LogP contribution in [0.1, 0.15) is 28.3 Å². The summed E-state index contributed by atoms with van der Waals surface area (Å²) in [5, 5.41) is 0.810. The molecule has 10 heteroatoms. The van der Waals surface area contributed by atoms with E-state index in [9.17, 15) is 13.2 Å². The quantitative estimate of drug-likeness (QED) is 0.418. The minimum absolute atomic E-state index is 0.0166. The average Bonchev–Trinajstić information content (AvgIpc) is 3.49. The van der Waals surface area contributed by atoms with Gasteiger partial charge in [-0.25, -0.2) is 13.4 Å². The first-order valence-corrected chi connectivity index (χ1v) is 12.8. The Morgan fingerprint density at radius 2 is 1.85 bits per heavy atom. The lowest BCUT2D eigenvalue weighted by Crippen LogP contribution is -2.29. The van der Waals surface area contributed by atoms with Crippen molar-refractivity contribution < 1.29 is 22.7 Å². The summed E-state index contributed by atoms with van der Waals surface area (Å²) in [7, 11) is -2.24. The highest BCUT2D eigenvalue weighted by molar-refractivity contribution is 7.92. The van der Waals surface area contributed by atoms with Crippen molar-refractivity contribution in [3.63, 3.8) is 0 Å². The summed E-state index contributed by atoms with van der Waals surface area (Å²) in [6, 6.07) is 18.3. The molecule has 0 saturated heterocycles. The molecule has 0 spiro atoms. The molecule has 1 aliphatic rings. The number of carbonyl (C=O) groups excluding carboxylic acids is 1. The number of hydrogen-bond acceptors (Lipinski definition) is 7. The Labute approximate surface area is 200 Å². The molecule has 0 fully saturated rings. The number of para-hydroxylation sites is 1. The number of anilines is 1. The normalized spacial score (nSPS) is 13.6. The summed E-state index contributed by atoms with van der Waals surface area (Å²) in [4.78, 5) is 19.4. The Kier molecular flexibility index (Phi) is 5.62. The molecule has 1 aliphatic heterocycles. The van der Waals surface area contributed by atoms with E-state index in [1.807, 2.05) is 31.2 Å². The number of nitrogens with one attached hydrogen (secondary N) is 1. The Bertz CT molecular complexity index is 1470. The number of rotatable bonds is 6. The Morgan fingerprint density at radius 1 is 1.06 bits per heavy atom. The fraction of sp³-hybridized carbons (Fsp3) is 0.167. The lowest BCUT2D eigenvalue weighted by Gasteiger charge is -2.23. The van der Waals surface area contributed by atoms with Crippen molar-refractivity contribution in [2.24, 2.45) is 0 Å². The highest BCUT2D eigenvalue weighted by atomic mass is 32.2. The minimum Gasteiger partial charge on any atom is -0.454 e. The van der Waals surface area contributed by atoms with Gasteiger partial charge in [-0.1, -0.05) is 18.2 Å². The predicted molar refractivity (Wildman–Crippen MR) is 130 cm³/mol. The number of nitrogens with zero attached hydrogens (tertiary/aromatic N) is 2. The fourth-order valence-corrected chi connectivity index (χ4v) is 5.74. The number of sulfonamides is 1. The van der Waals surface area contributed by atoms with Crippen LogP contribution in [0, 0.1) is 0 Å². The molecule has 1 amide bonds. The van der Waals surface area contributed by atoms with Crippen LogP contribution in [-0.2, 0) is 10.0 Å². The zero-order chi connectivity index (χ0) is 23.9. The summed E-state index contributed by atoms with van der Waals surface area (Å²) < 4.78 is 40.1. The van der Waals surface area contributed by atoms with Gasteiger partial charge in [-0.05, 0) is 49.4 Å². The fourth-order valence-electron chi connectivity index (χ4n) is 3.58. The molecule has 2 heterocycles. The van der Waals surface area contributed by atoms with Gasteiger partial charge in [0, 0.05) is 18.7 Å². The molecule has 0 unspecified atom stereocenters. The van der Waals surface area contributed by atoms with Crippen LogP contribution in [0.5, 0.6) is 11.5 Å². The van der Waals surface area contributed by atoms with Gasteiger partial charge in [-0.3, -0.25) is 9.52 Å². The van der Waals surface area contributed by atoms with E-state index in [0.717, 1.165) is 15.2 Å². The van der Waals surface area contributed by atoms with Gasteiger partial charge < -0.3 is 14.4 Å². The van der Waals surface area contributed by atoms with Crippen LogP contribution < -0.4 is 14.2 Å². The summed E-state index contributed by atoms with van der Waals surface area (Å²) >= 11 is 1.53. The number of aromatic nitrogens is 1. The van der Waals surface area contributed by atoms with Gasteiger partial charge in [0.2, 0.25) is 6.79 Å². The van der Waals surface area contributed by atoms with Crippen LogP contribution in [0.4, 0.5) is 5.69 Å². The third kappa shape index (κ3) is 4.17. The monoisotopic (exact) mass is 495 g/mol. The first-order chi connectivity index (χ1) is 16.3. The van der Waals surface area contributed by atoms with Crippen LogP contribution in [0.15, 0.2) is 71.6 Å². The standard InChI is InChI=1S/C24H21N3O5S2/c1-15(23-25-19-8-3-4-9-22(19)33-23)27(2)24(28)16-6-5-7-18(12-16)34(29,30)26-17-10-11-20-21(13-17)32-14-31-20/h3-13,15,26H,14H2,1-2H3/t15-/m0/s1. The van der Waals surface area contributed by atoms with Crippen molar-refractivity contribution in [2.45, 2.75) is 17.9 Å². The zero-order valence-electron chi connectivity index (χ0n) is 18.4. The van der Waals surface area contributed by atoms with Gasteiger partial charge >= 0.3 is 0 Å². The van der Waals surface area contributed by atoms with Crippen LogP contribution in [-0.4, -0.2) is 38.0 Å². The first-order valence-electron chi connectivity index (χ1n) is 10.5. The highest BCUT2D eigenvalue weighted by Crippen LogP contribution is 2.35. The molecule has 0 radical (unpaired) electrons.